The van der Waals surface area contributed by atoms with Gasteiger partial charge in [-0.15, -0.1) is 0 Å². The van der Waals surface area contributed by atoms with Crippen LogP contribution in [0.4, 0.5) is 0 Å². The highest BCUT2D eigenvalue weighted by Crippen LogP contribution is 2.39. The number of aliphatic hydroxyl groups excluding tert-OH is 1. The van der Waals surface area contributed by atoms with Crippen LogP contribution >= 0.6 is 0 Å². The Hall–Kier alpha value is -1.10. The molecule has 2 unspecified atom stereocenters. The maximum atomic E-state index is 12.0. The lowest BCUT2D eigenvalue weighted by atomic mass is 9.71. The number of nitrogens with one attached hydrogen (secondary N) is 1. The van der Waals surface area contributed by atoms with Gasteiger partial charge in [-0.3, -0.25) is 9.59 Å². The van der Waals surface area contributed by atoms with Crippen LogP contribution in [0, 0.1) is 5.41 Å². The first kappa shape index (κ1) is 16.0. The van der Waals surface area contributed by atoms with Crippen molar-refractivity contribution in [2.75, 3.05) is 0 Å². The van der Waals surface area contributed by atoms with Crippen LogP contribution in [0.2, 0.25) is 0 Å². The van der Waals surface area contributed by atoms with Crippen LogP contribution in [0.15, 0.2) is 0 Å². The largest absolute Gasteiger partial charge is 0.481 e. The van der Waals surface area contributed by atoms with Crippen LogP contribution < -0.4 is 5.32 Å². The van der Waals surface area contributed by atoms with Crippen molar-refractivity contribution < 1.29 is 19.8 Å². The van der Waals surface area contributed by atoms with E-state index in [1.54, 1.807) is 6.92 Å². The molecule has 2 atom stereocenters. The summed E-state index contributed by atoms with van der Waals surface area (Å²) in [6.45, 7) is 3.49. The molecule has 1 amide bonds. The maximum absolute atomic E-state index is 12.0. The molecule has 0 heterocycles. The molecular weight excluding hydrogens is 246 g/mol. The molecule has 1 rings (SSSR count). The topological polar surface area (TPSA) is 86.6 Å². The molecule has 1 aliphatic carbocycles. The minimum Gasteiger partial charge on any atom is -0.481 e. The van der Waals surface area contributed by atoms with Crippen LogP contribution in [0.3, 0.4) is 0 Å². The van der Waals surface area contributed by atoms with Crippen molar-refractivity contribution in [2.24, 2.45) is 5.41 Å². The monoisotopic (exact) mass is 271 g/mol. The molecule has 0 aromatic heterocycles. The van der Waals surface area contributed by atoms with Gasteiger partial charge in [0.2, 0.25) is 5.91 Å². The highest BCUT2D eigenvalue weighted by molar-refractivity contribution is 5.85. The number of aliphatic hydroxyl groups is 1. The molecule has 0 aromatic rings. The second kappa shape index (κ2) is 6.89. The Balaban J connectivity index is 2.55. The number of carboxylic acid groups (broad SMARTS) is 1. The first-order valence-corrected chi connectivity index (χ1v) is 7.06. The fourth-order valence-corrected chi connectivity index (χ4v) is 2.90. The van der Waals surface area contributed by atoms with E-state index in [1.807, 2.05) is 6.92 Å². The van der Waals surface area contributed by atoms with E-state index in [4.69, 9.17) is 0 Å². The number of aliphatic carboxylic acids is 1. The molecule has 1 fully saturated rings. The first-order valence-electron chi connectivity index (χ1n) is 7.06. The Bertz CT molecular complexity index is 321. The average molecular weight is 271 g/mol. The molecule has 0 radical (unpaired) electrons. The van der Waals surface area contributed by atoms with E-state index in [0.29, 0.717) is 19.3 Å². The quantitative estimate of drug-likeness (QED) is 0.686. The number of carboxylic acids is 1. The van der Waals surface area contributed by atoms with Crippen molar-refractivity contribution in [3.05, 3.63) is 0 Å². The van der Waals surface area contributed by atoms with E-state index < -0.39 is 17.5 Å². The first-order chi connectivity index (χ1) is 8.85. The molecule has 5 nitrogen and oxygen atoms in total. The maximum Gasteiger partial charge on any atom is 0.310 e. The molecule has 0 aromatic carbocycles. The van der Waals surface area contributed by atoms with Gasteiger partial charge in [0, 0.05) is 12.5 Å². The molecular formula is C14H25NO4. The Morgan fingerprint density at radius 1 is 1.21 bits per heavy atom. The van der Waals surface area contributed by atoms with Crippen LogP contribution in [0.5, 0.6) is 0 Å². The highest BCUT2D eigenvalue weighted by atomic mass is 16.4. The fourth-order valence-electron chi connectivity index (χ4n) is 2.90. The van der Waals surface area contributed by atoms with E-state index in [2.05, 4.69) is 5.32 Å². The molecule has 1 aliphatic rings. The number of carbonyl (C=O) groups excluding carboxylic acids is 1. The van der Waals surface area contributed by atoms with E-state index in [9.17, 15) is 19.8 Å². The summed E-state index contributed by atoms with van der Waals surface area (Å²) in [5.74, 6) is -1.08. The van der Waals surface area contributed by atoms with Gasteiger partial charge in [0.1, 0.15) is 0 Å². The third kappa shape index (κ3) is 4.82. The van der Waals surface area contributed by atoms with Crippen molar-refractivity contribution in [1.29, 1.82) is 0 Å². The molecule has 0 spiro atoms. The Labute approximate surface area is 114 Å². The van der Waals surface area contributed by atoms with Crippen molar-refractivity contribution in [2.45, 2.75) is 70.9 Å². The van der Waals surface area contributed by atoms with Crippen LogP contribution in [-0.4, -0.2) is 34.2 Å². The summed E-state index contributed by atoms with van der Waals surface area (Å²) in [4.78, 5) is 23.4. The predicted octanol–water partition coefficient (Wildman–Crippen LogP) is 1.69. The predicted molar refractivity (Wildman–Crippen MR) is 71.7 cm³/mol. The molecule has 19 heavy (non-hydrogen) atoms. The van der Waals surface area contributed by atoms with E-state index >= 15 is 0 Å². The number of hydrogen-bond acceptors (Lipinski definition) is 3. The fraction of sp³-hybridized carbons (Fsp3) is 0.857. The molecule has 1 saturated carbocycles. The summed E-state index contributed by atoms with van der Waals surface area (Å²) in [7, 11) is 0. The van der Waals surface area contributed by atoms with Gasteiger partial charge in [0.15, 0.2) is 0 Å². The Morgan fingerprint density at radius 2 is 1.79 bits per heavy atom. The second-order valence-electron chi connectivity index (χ2n) is 5.88. The standard InChI is InChI=1S/C14H25NO4/c1-10(8-11(2)16)15-12(17)9-14(13(18)19)6-4-3-5-7-14/h10-11,16H,3-9H2,1-2H3,(H,15,17)(H,18,19). The molecule has 0 saturated heterocycles. The van der Waals surface area contributed by atoms with E-state index in [-0.39, 0.29) is 18.4 Å². The molecule has 0 bridgehead atoms. The zero-order chi connectivity index (χ0) is 14.5. The van der Waals surface area contributed by atoms with Crippen molar-refractivity contribution in [3.8, 4) is 0 Å². The van der Waals surface area contributed by atoms with Crippen molar-refractivity contribution >= 4 is 11.9 Å². The third-order valence-electron chi connectivity index (χ3n) is 3.87. The third-order valence-corrected chi connectivity index (χ3v) is 3.87. The number of amides is 1. The SMILES string of the molecule is CC(O)CC(C)NC(=O)CC1(C(=O)O)CCCCC1. The van der Waals surface area contributed by atoms with Gasteiger partial charge in [-0.2, -0.15) is 0 Å². The lowest BCUT2D eigenvalue weighted by molar-refractivity contribution is -0.154. The number of hydrogen-bond donors (Lipinski definition) is 3. The van der Waals surface area contributed by atoms with Gasteiger partial charge in [-0.1, -0.05) is 19.3 Å². The van der Waals surface area contributed by atoms with Gasteiger partial charge in [-0.05, 0) is 33.1 Å². The highest BCUT2D eigenvalue weighted by Gasteiger charge is 2.41. The van der Waals surface area contributed by atoms with Gasteiger partial charge in [0.05, 0.1) is 11.5 Å². The summed E-state index contributed by atoms with van der Waals surface area (Å²) in [6.07, 6.45) is 4.03. The molecule has 110 valence electrons. The molecule has 5 heteroatoms. The summed E-state index contributed by atoms with van der Waals surface area (Å²) < 4.78 is 0. The second-order valence-corrected chi connectivity index (χ2v) is 5.88. The van der Waals surface area contributed by atoms with E-state index in [1.165, 1.54) is 0 Å². The Kier molecular flexibility index (Phi) is 5.79. The molecule has 0 aliphatic heterocycles. The zero-order valence-electron chi connectivity index (χ0n) is 11.8. The smallest absolute Gasteiger partial charge is 0.310 e. The van der Waals surface area contributed by atoms with Gasteiger partial charge in [0.25, 0.3) is 0 Å². The number of carbonyl (C=O) groups is 2. The summed E-state index contributed by atoms with van der Waals surface area (Å²) >= 11 is 0. The van der Waals surface area contributed by atoms with Gasteiger partial charge in [-0.25, -0.2) is 0 Å². The van der Waals surface area contributed by atoms with Gasteiger partial charge >= 0.3 is 5.97 Å². The normalized spacial score (nSPS) is 21.4. The average Bonchev–Trinajstić information content (AvgIpc) is 2.28. The zero-order valence-corrected chi connectivity index (χ0v) is 11.8. The lowest BCUT2D eigenvalue weighted by Gasteiger charge is -2.33. The van der Waals surface area contributed by atoms with Gasteiger partial charge < -0.3 is 15.5 Å². The van der Waals surface area contributed by atoms with Crippen LogP contribution in [0.1, 0.15) is 58.8 Å². The van der Waals surface area contributed by atoms with Crippen molar-refractivity contribution in [3.63, 3.8) is 0 Å². The minimum absolute atomic E-state index is 0.0481. The summed E-state index contributed by atoms with van der Waals surface area (Å²) in [5.41, 5.74) is -0.882. The molecule has 3 N–H and O–H groups in total. The van der Waals surface area contributed by atoms with Crippen LogP contribution in [-0.2, 0) is 9.59 Å². The lowest BCUT2D eigenvalue weighted by Crippen LogP contribution is -2.42. The summed E-state index contributed by atoms with van der Waals surface area (Å²) in [6, 6.07) is -0.137. The van der Waals surface area contributed by atoms with Crippen molar-refractivity contribution in [1.82, 2.24) is 5.32 Å². The Morgan fingerprint density at radius 3 is 2.26 bits per heavy atom. The van der Waals surface area contributed by atoms with Crippen LogP contribution in [0.25, 0.3) is 0 Å². The minimum atomic E-state index is -0.882. The summed E-state index contributed by atoms with van der Waals surface area (Å²) in [5, 5.41) is 21.4. The number of rotatable bonds is 6. The van der Waals surface area contributed by atoms with E-state index in [0.717, 1.165) is 19.3 Å².